The summed E-state index contributed by atoms with van der Waals surface area (Å²) >= 11 is 0. The molecule has 9 heteroatoms. The second kappa shape index (κ2) is 6.24. The molecule has 0 radical (unpaired) electrons. The van der Waals surface area contributed by atoms with Crippen LogP contribution < -0.4 is 10.2 Å². The first-order valence-corrected chi connectivity index (χ1v) is 7.98. The van der Waals surface area contributed by atoms with Crippen molar-refractivity contribution in [2.45, 2.75) is 19.0 Å². The molecule has 0 aliphatic carbocycles. The van der Waals surface area contributed by atoms with E-state index in [4.69, 9.17) is 5.26 Å². The average molecular weight is 336 g/mol. The Kier molecular flexibility index (Phi) is 3.78. The van der Waals surface area contributed by atoms with Crippen LogP contribution in [0.5, 0.6) is 0 Å². The topological polar surface area (TPSA) is 104 Å². The van der Waals surface area contributed by atoms with Gasteiger partial charge in [0.25, 0.3) is 5.82 Å². The summed E-state index contributed by atoms with van der Waals surface area (Å²) in [5.74, 6) is -0.0670. The molecule has 1 amide bonds. The van der Waals surface area contributed by atoms with Gasteiger partial charge < -0.3 is 10.2 Å². The van der Waals surface area contributed by atoms with Crippen molar-refractivity contribution >= 4 is 17.1 Å². The molecule has 4 heterocycles. The van der Waals surface area contributed by atoms with Gasteiger partial charge in [0.2, 0.25) is 5.91 Å². The summed E-state index contributed by atoms with van der Waals surface area (Å²) < 4.78 is 3.20. The highest BCUT2D eigenvalue weighted by atomic mass is 16.2. The molecule has 126 valence electrons. The number of aromatic nitrogens is 5. The smallest absolute Gasteiger partial charge is 0.252 e. The van der Waals surface area contributed by atoms with E-state index in [9.17, 15) is 4.79 Å². The number of hydrogen-bond acceptors (Lipinski definition) is 6. The maximum atomic E-state index is 12.1. The fraction of sp³-hybridized carbons (Fsp3) is 0.312. The molecule has 1 fully saturated rings. The molecule has 3 aromatic rings. The number of nitrogens with one attached hydrogen (secondary N) is 1. The van der Waals surface area contributed by atoms with E-state index in [0.29, 0.717) is 0 Å². The third-order valence-corrected chi connectivity index (χ3v) is 4.24. The molecule has 25 heavy (non-hydrogen) atoms. The summed E-state index contributed by atoms with van der Waals surface area (Å²) in [4.78, 5) is 18.2. The number of hydrogen-bond donors (Lipinski definition) is 1. The highest BCUT2D eigenvalue weighted by Crippen LogP contribution is 2.21. The predicted molar refractivity (Wildman–Crippen MR) is 88.7 cm³/mol. The van der Waals surface area contributed by atoms with E-state index in [1.165, 1.54) is 11.0 Å². The van der Waals surface area contributed by atoms with Crippen LogP contribution in [0.25, 0.3) is 5.52 Å². The first kappa shape index (κ1) is 15.1. The normalized spacial score (nSPS) is 16.9. The molecule has 1 N–H and O–H groups in total. The molecule has 1 atom stereocenters. The zero-order valence-electron chi connectivity index (χ0n) is 13.4. The first-order chi connectivity index (χ1) is 12.2. The quantitative estimate of drug-likeness (QED) is 0.729. The van der Waals surface area contributed by atoms with Crippen molar-refractivity contribution in [3.63, 3.8) is 0 Å². The summed E-state index contributed by atoms with van der Waals surface area (Å²) in [6.45, 7) is 1.71. The fourth-order valence-corrected chi connectivity index (χ4v) is 3.06. The van der Waals surface area contributed by atoms with Crippen LogP contribution in [0.1, 0.15) is 12.2 Å². The summed E-state index contributed by atoms with van der Waals surface area (Å²) in [5.41, 5.74) is 2.17. The van der Waals surface area contributed by atoms with Gasteiger partial charge in [-0.15, -0.1) is 5.10 Å². The number of carbonyl (C=O) groups is 1. The monoisotopic (exact) mass is 336 g/mol. The van der Waals surface area contributed by atoms with Gasteiger partial charge in [-0.3, -0.25) is 4.79 Å². The average Bonchev–Trinajstić information content (AvgIpc) is 3.34. The Hall–Kier alpha value is -3.41. The molecule has 3 aromatic heterocycles. The molecule has 0 aromatic carbocycles. The van der Waals surface area contributed by atoms with Gasteiger partial charge >= 0.3 is 0 Å². The Morgan fingerprint density at radius 1 is 1.44 bits per heavy atom. The minimum absolute atomic E-state index is 0.0625. The molecule has 0 saturated carbocycles. The van der Waals surface area contributed by atoms with Crippen LogP contribution in [0.3, 0.4) is 0 Å². The minimum Gasteiger partial charge on any atom is -0.369 e. The molecule has 0 bridgehead atoms. The van der Waals surface area contributed by atoms with Crippen molar-refractivity contribution in [3.05, 3.63) is 42.7 Å². The van der Waals surface area contributed by atoms with Crippen LogP contribution in [0.4, 0.5) is 5.69 Å². The molecule has 0 spiro atoms. The Morgan fingerprint density at radius 3 is 3.20 bits per heavy atom. The van der Waals surface area contributed by atoms with Crippen LogP contribution in [-0.4, -0.2) is 49.4 Å². The Morgan fingerprint density at radius 2 is 2.36 bits per heavy atom. The lowest BCUT2D eigenvalue weighted by molar-refractivity contribution is -0.122. The van der Waals surface area contributed by atoms with Crippen LogP contribution in [0, 0.1) is 11.3 Å². The number of carbonyl (C=O) groups excluding carboxylic acids is 1. The van der Waals surface area contributed by atoms with Gasteiger partial charge in [0.1, 0.15) is 18.9 Å². The lowest BCUT2D eigenvalue weighted by Gasteiger charge is -2.19. The minimum atomic E-state index is -0.132. The van der Waals surface area contributed by atoms with Gasteiger partial charge in [0, 0.05) is 37.2 Å². The van der Waals surface area contributed by atoms with E-state index in [2.05, 4.69) is 31.5 Å². The molecule has 1 aliphatic heterocycles. The zero-order valence-corrected chi connectivity index (χ0v) is 13.4. The lowest BCUT2D eigenvalue weighted by atomic mass is 10.2. The van der Waals surface area contributed by atoms with E-state index >= 15 is 0 Å². The Bertz CT molecular complexity index is 952. The summed E-state index contributed by atoms with van der Waals surface area (Å²) in [6, 6.07) is 8.02. The number of rotatable bonds is 4. The molecule has 9 nitrogen and oxygen atoms in total. The van der Waals surface area contributed by atoms with E-state index < -0.39 is 0 Å². The van der Waals surface area contributed by atoms with Crippen LogP contribution in [0.15, 0.2) is 36.9 Å². The number of nitrogens with zero attached hydrogens (tertiary/aromatic N) is 7. The first-order valence-electron chi connectivity index (χ1n) is 7.98. The molecular weight excluding hydrogens is 320 g/mol. The number of pyridine rings is 1. The van der Waals surface area contributed by atoms with Crippen molar-refractivity contribution in [1.29, 1.82) is 5.26 Å². The maximum absolute atomic E-state index is 12.1. The highest BCUT2D eigenvalue weighted by Gasteiger charge is 2.24. The largest absolute Gasteiger partial charge is 0.369 e. The number of nitriles is 1. The second-order valence-corrected chi connectivity index (χ2v) is 5.96. The number of anilines is 1. The van der Waals surface area contributed by atoms with Crippen molar-refractivity contribution in [2.24, 2.45) is 0 Å². The van der Waals surface area contributed by atoms with Gasteiger partial charge in [-0.25, -0.2) is 14.2 Å². The van der Waals surface area contributed by atoms with Gasteiger partial charge in [0.15, 0.2) is 0 Å². The SMILES string of the molecule is N#Cc1ncn(CC(=O)N[C@H]2CCN(c3ccn4nccc4c3)C2)n1. The Balaban J connectivity index is 1.35. The second-order valence-electron chi connectivity index (χ2n) is 5.96. The zero-order chi connectivity index (χ0) is 17.2. The lowest BCUT2D eigenvalue weighted by Crippen LogP contribution is -2.39. The summed E-state index contributed by atoms with van der Waals surface area (Å²) in [7, 11) is 0. The molecule has 1 aliphatic rings. The van der Waals surface area contributed by atoms with Crippen molar-refractivity contribution in [2.75, 3.05) is 18.0 Å². The standard InChI is InChI=1S/C16H16N8O/c17-8-15-18-11-23(21-15)10-16(25)20-12-2-5-22(9-12)13-3-6-24-14(7-13)1-4-19-24/h1,3-4,6-7,11-12H,2,5,9-10H2,(H,20,25)/t12-/m0/s1. The van der Waals surface area contributed by atoms with Gasteiger partial charge in [-0.05, 0) is 24.6 Å². The van der Waals surface area contributed by atoms with E-state index in [1.54, 1.807) is 6.20 Å². The van der Waals surface area contributed by atoms with E-state index in [1.807, 2.05) is 28.9 Å². The van der Waals surface area contributed by atoms with Crippen molar-refractivity contribution in [1.82, 2.24) is 29.7 Å². The fourth-order valence-electron chi connectivity index (χ4n) is 3.06. The third-order valence-electron chi connectivity index (χ3n) is 4.24. The Labute approximate surface area is 143 Å². The van der Waals surface area contributed by atoms with E-state index in [0.717, 1.165) is 30.7 Å². The predicted octanol–water partition coefficient (Wildman–Crippen LogP) is 0.193. The maximum Gasteiger partial charge on any atom is 0.252 e. The number of amides is 1. The van der Waals surface area contributed by atoms with Gasteiger partial charge in [0.05, 0.1) is 5.52 Å². The van der Waals surface area contributed by atoms with E-state index in [-0.39, 0.29) is 24.3 Å². The van der Waals surface area contributed by atoms with Crippen molar-refractivity contribution < 1.29 is 4.79 Å². The molecule has 0 unspecified atom stereocenters. The van der Waals surface area contributed by atoms with Gasteiger partial charge in [-0.1, -0.05) is 0 Å². The van der Waals surface area contributed by atoms with Crippen LogP contribution in [-0.2, 0) is 11.3 Å². The van der Waals surface area contributed by atoms with Crippen LogP contribution >= 0.6 is 0 Å². The summed E-state index contributed by atoms with van der Waals surface area (Å²) in [6.07, 6.45) is 5.99. The molecular formula is C16H16N8O. The summed E-state index contributed by atoms with van der Waals surface area (Å²) in [5, 5.41) is 19.8. The van der Waals surface area contributed by atoms with Crippen LogP contribution in [0.2, 0.25) is 0 Å². The third kappa shape index (κ3) is 3.14. The number of fused-ring (bicyclic) bond motifs is 1. The highest BCUT2D eigenvalue weighted by molar-refractivity contribution is 5.76. The van der Waals surface area contributed by atoms with Crippen molar-refractivity contribution in [3.8, 4) is 6.07 Å². The molecule has 4 rings (SSSR count). The molecule has 1 saturated heterocycles. The van der Waals surface area contributed by atoms with Gasteiger partial charge in [-0.2, -0.15) is 10.4 Å².